The number of hydrogen-bond acceptors (Lipinski definition) is 4. The molecule has 148 valence electrons. The van der Waals surface area contributed by atoms with Gasteiger partial charge in [0.15, 0.2) is 0 Å². The van der Waals surface area contributed by atoms with E-state index in [1.807, 2.05) is 36.4 Å². The van der Waals surface area contributed by atoms with E-state index in [0.29, 0.717) is 43.4 Å². The largest absolute Gasteiger partial charge is 0.314 e. The van der Waals surface area contributed by atoms with Crippen molar-refractivity contribution >= 4 is 10.0 Å². The Kier molecular flexibility index (Phi) is 8.44. The van der Waals surface area contributed by atoms with Gasteiger partial charge in [-0.2, -0.15) is 9.37 Å². The van der Waals surface area contributed by atoms with Crippen LogP contribution in [0.4, 0.5) is 0 Å². The highest BCUT2D eigenvalue weighted by atomic mass is 32.2. The molecule has 0 aromatic heterocycles. The molecule has 0 heterocycles. The summed E-state index contributed by atoms with van der Waals surface area (Å²) < 4.78 is 27.5. The van der Waals surface area contributed by atoms with Crippen molar-refractivity contribution in [2.24, 2.45) is 5.92 Å². The van der Waals surface area contributed by atoms with Crippen LogP contribution in [-0.2, 0) is 16.6 Å². The Morgan fingerprint density at radius 1 is 0.889 bits per heavy atom. The lowest BCUT2D eigenvalue weighted by molar-refractivity contribution is -0.100. The normalized spacial score (nSPS) is 12.2. The Bertz CT molecular complexity index is 765. The average molecular weight is 391 g/mol. The van der Waals surface area contributed by atoms with Gasteiger partial charge >= 0.3 is 0 Å². The Labute approximate surface area is 163 Å². The molecule has 0 spiro atoms. The van der Waals surface area contributed by atoms with Gasteiger partial charge in [0.1, 0.15) is 0 Å². The SMILES string of the molecule is CC(C)CCN(CCCN(O)Cc1ccccc1)S(=O)(=O)c1ccccc1. The number of rotatable bonds is 11. The summed E-state index contributed by atoms with van der Waals surface area (Å²) in [7, 11) is -3.52. The third kappa shape index (κ3) is 7.07. The third-order valence-electron chi connectivity index (χ3n) is 4.37. The Morgan fingerprint density at radius 2 is 1.48 bits per heavy atom. The first kappa shape index (κ1) is 21.6. The molecular weight excluding hydrogens is 360 g/mol. The van der Waals surface area contributed by atoms with E-state index in [1.54, 1.807) is 28.6 Å². The maximum absolute atomic E-state index is 13.0. The molecule has 2 aromatic carbocycles. The summed E-state index contributed by atoms with van der Waals surface area (Å²) in [5.74, 6) is 0.422. The van der Waals surface area contributed by atoms with E-state index in [4.69, 9.17) is 0 Å². The molecule has 0 fully saturated rings. The lowest BCUT2D eigenvalue weighted by Gasteiger charge is -2.24. The van der Waals surface area contributed by atoms with Gasteiger partial charge in [0.05, 0.1) is 4.90 Å². The number of hydrogen-bond donors (Lipinski definition) is 1. The molecule has 2 aromatic rings. The van der Waals surface area contributed by atoms with Crippen molar-refractivity contribution < 1.29 is 13.6 Å². The first-order valence-corrected chi connectivity index (χ1v) is 10.9. The maximum atomic E-state index is 13.0. The summed E-state index contributed by atoms with van der Waals surface area (Å²) >= 11 is 0. The lowest BCUT2D eigenvalue weighted by Crippen LogP contribution is -2.35. The Morgan fingerprint density at radius 3 is 2.07 bits per heavy atom. The molecule has 0 atom stereocenters. The molecule has 0 bridgehead atoms. The zero-order valence-corrected chi connectivity index (χ0v) is 17.0. The molecule has 0 aliphatic heterocycles. The van der Waals surface area contributed by atoms with E-state index in [2.05, 4.69) is 13.8 Å². The van der Waals surface area contributed by atoms with Crippen LogP contribution in [0.1, 0.15) is 32.3 Å². The van der Waals surface area contributed by atoms with Gasteiger partial charge in [-0.3, -0.25) is 0 Å². The van der Waals surface area contributed by atoms with Crippen molar-refractivity contribution in [3.8, 4) is 0 Å². The fourth-order valence-corrected chi connectivity index (χ4v) is 4.31. The minimum absolute atomic E-state index is 0.318. The molecule has 1 N–H and O–H groups in total. The quantitative estimate of drug-likeness (QED) is 0.589. The van der Waals surface area contributed by atoms with E-state index < -0.39 is 10.0 Å². The highest BCUT2D eigenvalue weighted by Gasteiger charge is 2.24. The molecule has 0 saturated carbocycles. The van der Waals surface area contributed by atoms with E-state index >= 15 is 0 Å². The van der Waals surface area contributed by atoms with Crippen LogP contribution < -0.4 is 0 Å². The van der Waals surface area contributed by atoms with Crippen LogP contribution in [0.5, 0.6) is 0 Å². The predicted octanol–water partition coefficient (Wildman–Crippen LogP) is 4.00. The standard InChI is InChI=1S/C21H30N2O3S/c1-19(2)14-17-23(27(25,26)21-12-7-4-8-13-21)16-9-15-22(24)18-20-10-5-3-6-11-20/h3-8,10-13,19,24H,9,14-18H2,1-2H3. The maximum Gasteiger partial charge on any atom is 0.243 e. The molecule has 5 nitrogen and oxygen atoms in total. The summed E-state index contributed by atoms with van der Waals surface area (Å²) in [4.78, 5) is 0.318. The smallest absolute Gasteiger partial charge is 0.243 e. The van der Waals surface area contributed by atoms with E-state index in [1.165, 1.54) is 5.06 Å². The van der Waals surface area contributed by atoms with Crippen molar-refractivity contribution in [3.05, 3.63) is 66.2 Å². The molecule has 6 heteroatoms. The van der Waals surface area contributed by atoms with E-state index in [-0.39, 0.29) is 0 Å². The summed E-state index contributed by atoms with van der Waals surface area (Å²) in [6, 6.07) is 18.3. The molecule has 2 rings (SSSR count). The second-order valence-electron chi connectivity index (χ2n) is 7.13. The van der Waals surface area contributed by atoms with Crippen molar-refractivity contribution in [3.63, 3.8) is 0 Å². The van der Waals surface area contributed by atoms with Crippen molar-refractivity contribution in [1.82, 2.24) is 9.37 Å². The second kappa shape index (κ2) is 10.6. The molecule has 0 aliphatic carbocycles. The molecule has 27 heavy (non-hydrogen) atoms. The molecule has 0 radical (unpaired) electrons. The fourth-order valence-electron chi connectivity index (χ4n) is 2.80. The summed E-state index contributed by atoms with van der Waals surface area (Å²) in [6.45, 7) is 5.88. The van der Waals surface area contributed by atoms with Crippen LogP contribution in [0, 0.1) is 5.92 Å². The van der Waals surface area contributed by atoms with Gasteiger partial charge in [-0.1, -0.05) is 62.4 Å². The van der Waals surface area contributed by atoms with Gasteiger partial charge in [-0.15, -0.1) is 0 Å². The van der Waals surface area contributed by atoms with Crippen molar-refractivity contribution in [2.75, 3.05) is 19.6 Å². The van der Waals surface area contributed by atoms with E-state index in [0.717, 1.165) is 12.0 Å². The highest BCUT2D eigenvalue weighted by molar-refractivity contribution is 7.89. The molecule has 0 amide bonds. The van der Waals surface area contributed by atoms with Gasteiger partial charge in [0.25, 0.3) is 0 Å². The first-order valence-electron chi connectivity index (χ1n) is 9.42. The van der Waals surface area contributed by atoms with Crippen molar-refractivity contribution in [1.29, 1.82) is 0 Å². The van der Waals surface area contributed by atoms with Crippen LogP contribution >= 0.6 is 0 Å². The van der Waals surface area contributed by atoms with Gasteiger partial charge in [0, 0.05) is 26.2 Å². The van der Waals surface area contributed by atoms with Gasteiger partial charge in [-0.05, 0) is 36.5 Å². The average Bonchev–Trinajstić information content (AvgIpc) is 2.65. The lowest BCUT2D eigenvalue weighted by atomic mass is 10.1. The topological polar surface area (TPSA) is 60.9 Å². The molecule has 0 saturated heterocycles. The number of sulfonamides is 1. The molecule has 0 unspecified atom stereocenters. The monoisotopic (exact) mass is 390 g/mol. The number of hydroxylamine groups is 2. The minimum atomic E-state index is -3.52. The Hall–Kier alpha value is -1.73. The summed E-state index contributed by atoms with van der Waals surface area (Å²) in [5, 5.41) is 11.4. The third-order valence-corrected chi connectivity index (χ3v) is 6.28. The van der Waals surface area contributed by atoms with Crippen molar-refractivity contribution in [2.45, 2.75) is 38.1 Å². The van der Waals surface area contributed by atoms with E-state index in [9.17, 15) is 13.6 Å². The first-order chi connectivity index (χ1) is 12.9. The second-order valence-corrected chi connectivity index (χ2v) is 9.06. The van der Waals surface area contributed by atoms with Crippen LogP contribution in [0.2, 0.25) is 0 Å². The minimum Gasteiger partial charge on any atom is -0.314 e. The fraction of sp³-hybridized carbons (Fsp3) is 0.429. The molecule has 0 aliphatic rings. The van der Waals surface area contributed by atoms with Crippen LogP contribution in [0.15, 0.2) is 65.6 Å². The van der Waals surface area contributed by atoms with Gasteiger partial charge < -0.3 is 5.21 Å². The predicted molar refractivity (Wildman–Crippen MR) is 108 cm³/mol. The number of benzene rings is 2. The van der Waals surface area contributed by atoms with Crippen LogP contribution in [-0.4, -0.2) is 42.6 Å². The van der Waals surface area contributed by atoms with Gasteiger partial charge in [0.2, 0.25) is 10.0 Å². The van der Waals surface area contributed by atoms with Crippen LogP contribution in [0.25, 0.3) is 0 Å². The summed E-state index contributed by atoms with van der Waals surface area (Å²) in [5.41, 5.74) is 1.02. The zero-order chi connectivity index (χ0) is 19.7. The molecular formula is C21H30N2O3S. The number of nitrogens with zero attached hydrogens (tertiary/aromatic N) is 2. The van der Waals surface area contributed by atoms with Gasteiger partial charge in [-0.25, -0.2) is 8.42 Å². The zero-order valence-electron chi connectivity index (χ0n) is 16.2. The summed E-state index contributed by atoms with van der Waals surface area (Å²) in [6.07, 6.45) is 1.37. The highest BCUT2D eigenvalue weighted by Crippen LogP contribution is 2.17. The Balaban J connectivity index is 1.96. The van der Waals surface area contributed by atoms with Crippen LogP contribution in [0.3, 0.4) is 0 Å².